The van der Waals surface area contributed by atoms with Crippen molar-refractivity contribution in [1.82, 2.24) is 20.4 Å². The van der Waals surface area contributed by atoms with Gasteiger partial charge in [0.05, 0.1) is 0 Å². The molecule has 7 nitrogen and oxygen atoms in total. The molecule has 0 saturated carbocycles. The van der Waals surface area contributed by atoms with Crippen molar-refractivity contribution in [2.45, 2.75) is 19.8 Å². The van der Waals surface area contributed by atoms with E-state index in [1.807, 2.05) is 0 Å². The Hall–Kier alpha value is -2.64. The first kappa shape index (κ1) is 20.7. The van der Waals surface area contributed by atoms with Crippen LogP contribution >= 0.6 is 0 Å². The monoisotopic (exact) mass is 378 g/mol. The number of nitrogens with one attached hydrogen (secondary N) is 2. The van der Waals surface area contributed by atoms with Crippen molar-refractivity contribution in [3.05, 3.63) is 35.1 Å². The van der Waals surface area contributed by atoms with E-state index in [0.29, 0.717) is 38.0 Å². The van der Waals surface area contributed by atoms with Crippen molar-refractivity contribution in [3.63, 3.8) is 0 Å². The fraction of sp³-hybridized carbons (Fsp3) is 0.526. The van der Waals surface area contributed by atoms with Gasteiger partial charge in [-0.15, -0.1) is 0 Å². The summed E-state index contributed by atoms with van der Waals surface area (Å²) in [5, 5.41) is 5.46. The van der Waals surface area contributed by atoms with E-state index in [0.717, 1.165) is 0 Å². The van der Waals surface area contributed by atoms with Crippen molar-refractivity contribution in [2.75, 3.05) is 40.3 Å². The van der Waals surface area contributed by atoms with Crippen molar-refractivity contribution in [1.29, 1.82) is 0 Å². The molecule has 0 radical (unpaired) electrons. The maximum absolute atomic E-state index is 13.5. The number of likely N-dealkylation sites (tertiary alicyclic amines) is 1. The zero-order valence-electron chi connectivity index (χ0n) is 16.0. The molecule has 1 aromatic rings. The van der Waals surface area contributed by atoms with Gasteiger partial charge in [0.15, 0.2) is 0 Å². The summed E-state index contributed by atoms with van der Waals surface area (Å²) < 4.78 is 13.5. The Morgan fingerprint density at radius 1 is 1.15 bits per heavy atom. The quantitative estimate of drug-likeness (QED) is 0.760. The van der Waals surface area contributed by atoms with Crippen LogP contribution in [-0.4, -0.2) is 67.9 Å². The molecule has 1 aromatic carbocycles. The second kappa shape index (κ2) is 9.34. The maximum atomic E-state index is 13.5. The van der Waals surface area contributed by atoms with Crippen molar-refractivity contribution < 1.29 is 18.8 Å². The number of rotatable bonds is 5. The molecule has 0 aliphatic carbocycles. The van der Waals surface area contributed by atoms with E-state index in [4.69, 9.17) is 0 Å². The number of carbonyl (C=O) groups excluding carboxylic acids is 3. The second-order valence-corrected chi connectivity index (χ2v) is 6.95. The minimum atomic E-state index is -0.421. The van der Waals surface area contributed by atoms with Crippen molar-refractivity contribution >= 4 is 17.8 Å². The van der Waals surface area contributed by atoms with Crippen LogP contribution in [0.4, 0.5) is 9.18 Å². The molecule has 0 unspecified atom stereocenters. The summed E-state index contributed by atoms with van der Waals surface area (Å²) in [6.07, 6.45) is 1.25. The normalized spacial score (nSPS) is 14.6. The van der Waals surface area contributed by atoms with E-state index in [-0.39, 0.29) is 35.9 Å². The third-order valence-electron chi connectivity index (χ3n) is 4.66. The van der Waals surface area contributed by atoms with E-state index >= 15 is 0 Å². The average Bonchev–Trinajstić information content (AvgIpc) is 2.66. The van der Waals surface area contributed by atoms with Crippen molar-refractivity contribution in [2.24, 2.45) is 5.92 Å². The van der Waals surface area contributed by atoms with Crippen LogP contribution in [0.3, 0.4) is 0 Å². The molecule has 0 spiro atoms. The lowest BCUT2D eigenvalue weighted by atomic mass is 9.96. The molecule has 1 aliphatic heterocycles. The number of urea groups is 1. The Morgan fingerprint density at radius 3 is 2.37 bits per heavy atom. The SMILES string of the molecule is Cc1ccc(C(=O)NCCNC(=O)C2CCN(C(=O)N(C)C)CC2)cc1F. The molecule has 2 N–H and O–H groups in total. The van der Waals surface area contributed by atoms with Crippen LogP contribution in [-0.2, 0) is 4.79 Å². The van der Waals surface area contributed by atoms with Crippen LogP contribution in [0.1, 0.15) is 28.8 Å². The van der Waals surface area contributed by atoms with Gasteiger partial charge in [-0.3, -0.25) is 9.59 Å². The first-order valence-corrected chi connectivity index (χ1v) is 9.08. The lowest BCUT2D eigenvalue weighted by molar-refractivity contribution is -0.126. The summed E-state index contributed by atoms with van der Waals surface area (Å²) in [4.78, 5) is 39.4. The summed E-state index contributed by atoms with van der Waals surface area (Å²) >= 11 is 0. The van der Waals surface area contributed by atoms with Crippen LogP contribution in [0.2, 0.25) is 0 Å². The zero-order valence-corrected chi connectivity index (χ0v) is 16.0. The highest BCUT2D eigenvalue weighted by atomic mass is 19.1. The zero-order chi connectivity index (χ0) is 20.0. The molecular weight excluding hydrogens is 351 g/mol. The van der Waals surface area contributed by atoms with Gasteiger partial charge in [-0.05, 0) is 37.5 Å². The van der Waals surface area contributed by atoms with E-state index < -0.39 is 5.82 Å². The van der Waals surface area contributed by atoms with Gasteiger partial charge in [-0.25, -0.2) is 9.18 Å². The minimum Gasteiger partial charge on any atom is -0.354 e. The number of amides is 4. The van der Waals surface area contributed by atoms with Crippen LogP contribution in [0.15, 0.2) is 18.2 Å². The largest absolute Gasteiger partial charge is 0.354 e. The molecule has 0 atom stereocenters. The Bertz CT molecular complexity index is 700. The molecule has 2 rings (SSSR count). The van der Waals surface area contributed by atoms with E-state index in [1.54, 1.807) is 38.1 Å². The van der Waals surface area contributed by atoms with Crippen molar-refractivity contribution in [3.8, 4) is 0 Å². The van der Waals surface area contributed by atoms with Gasteiger partial charge in [-0.1, -0.05) is 6.07 Å². The van der Waals surface area contributed by atoms with Gasteiger partial charge in [-0.2, -0.15) is 0 Å². The fourth-order valence-electron chi connectivity index (χ4n) is 2.96. The van der Waals surface area contributed by atoms with E-state index in [1.165, 1.54) is 11.0 Å². The number of benzene rings is 1. The molecule has 0 aromatic heterocycles. The first-order valence-electron chi connectivity index (χ1n) is 9.08. The van der Waals surface area contributed by atoms with Gasteiger partial charge >= 0.3 is 6.03 Å². The van der Waals surface area contributed by atoms with Gasteiger partial charge in [0, 0.05) is 51.8 Å². The summed E-state index contributed by atoms with van der Waals surface area (Å²) in [5.41, 5.74) is 0.736. The standard InChI is InChI=1S/C19H27FN4O3/c1-13-4-5-15(12-16(13)20)18(26)22-9-8-21-17(25)14-6-10-24(11-7-14)19(27)23(2)3/h4-5,12,14H,6-11H2,1-3H3,(H,21,25)(H,22,26). The summed E-state index contributed by atoms with van der Waals surface area (Å²) in [5.74, 6) is -0.991. The molecule has 1 saturated heterocycles. The number of piperidine rings is 1. The molecular formula is C19H27FN4O3. The van der Waals surface area contributed by atoms with Crippen LogP contribution < -0.4 is 10.6 Å². The predicted octanol–water partition coefficient (Wildman–Crippen LogP) is 1.37. The molecule has 8 heteroatoms. The summed E-state index contributed by atoms with van der Waals surface area (Å²) in [6, 6.07) is 4.28. The lowest BCUT2D eigenvalue weighted by Crippen LogP contribution is -2.47. The molecule has 1 aliphatic rings. The number of aryl methyl sites for hydroxylation is 1. The molecule has 1 fully saturated rings. The van der Waals surface area contributed by atoms with Crippen LogP contribution in [0.25, 0.3) is 0 Å². The third-order valence-corrected chi connectivity index (χ3v) is 4.66. The molecule has 27 heavy (non-hydrogen) atoms. The average molecular weight is 378 g/mol. The minimum absolute atomic E-state index is 0.0379. The third kappa shape index (κ3) is 5.67. The fourth-order valence-corrected chi connectivity index (χ4v) is 2.96. The topological polar surface area (TPSA) is 81.8 Å². The number of halogens is 1. The van der Waals surface area contributed by atoms with E-state index in [9.17, 15) is 18.8 Å². The van der Waals surface area contributed by atoms with Gasteiger partial charge < -0.3 is 20.4 Å². The highest BCUT2D eigenvalue weighted by molar-refractivity contribution is 5.94. The Morgan fingerprint density at radius 2 is 1.78 bits per heavy atom. The summed E-state index contributed by atoms with van der Waals surface area (Å²) in [7, 11) is 3.42. The highest BCUT2D eigenvalue weighted by Gasteiger charge is 2.27. The Balaban J connectivity index is 1.68. The van der Waals surface area contributed by atoms with Gasteiger partial charge in [0.25, 0.3) is 5.91 Å². The van der Waals surface area contributed by atoms with Gasteiger partial charge in [0.2, 0.25) is 5.91 Å². The molecule has 1 heterocycles. The van der Waals surface area contributed by atoms with Crippen LogP contribution in [0.5, 0.6) is 0 Å². The maximum Gasteiger partial charge on any atom is 0.319 e. The van der Waals surface area contributed by atoms with E-state index in [2.05, 4.69) is 10.6 Å². The molecule has 148 valence electrons. The number of hydrogen-bond acceptors (Lipinski definition) is 3. The Kier molecular flexibility index (Phi) is 7.15. The first-order chi connectivity index (χ1) is 12.8. The predicted molar refractivity (Wildman–Crippen MR) is 99.9 cm³/mol. The van der Waals surface area contributed by atoms with Gasteiger partial charge in [0.1, 0.15) is 5.82 Å². The highest BCUT2D eigenvalue weighted by Crippen LogP contribution is 2.18. The number of hydrogen-bond donors (Lipinski definition) is 2. The molecule has 0 bridgehead atoms. The Labute approximate surface area is 158 Å². The smallest absolute Gasteiger partial charge is 0.319 e. The lowest BCUT2D eigenvalue weighted by Gasteiger charge is -2.33. The van der Waals surface area contributed by atoms with Crippen LogP contribution in [0, 0.1) is 18.7 Å². The molecule has 4 amide bonds. The summed E-state index contributed by atoms with van der Waals surface area (Å²) in [6.45, 7) is 3.32. The number of carbonyl (C=O) groups is 3. The second-order valence-electron chi connectivity index (χ2n) is 6.95. The number of nitrogens with zero attached hydrogens (tertiary/aromatic N) is 2.